The Labute approximate surface area is 275 Å². The number of rotatable bonds is 10. The van der Waals surface area contributed by atoms with Gasteiger partial charge in [0.2, 0.25) is 0 Å². The van der Waals surface area contributed by atoms with Crippen molar-refractivity contribution >= 4 is 33.3 Å². The molecule has 48 heavy (non-hydrogen) atoms. The van der Waals surface area contributed by atoms with E-state index in [1.807, 2.05) is 0 Å². The quantitative estimate of drug-likeness (QED) is 0.251. The lowest BCUT2D eigenvalue weighted by molar-refractivity contribution is -0.211. The molecule has 1 saturated carbocycles. The highest BCUT2D eigenvalue weighted by molar-refractivity contribution is 7.91. The number of nitrogens with zero attached hydrogens (tertiary/aromatic N) is 2. The topological polar surface area (TPSA) is 154 Å². The Balaban J connectivity index is 0.00000103. The molecule has 10 nitrogen and oxygen atoms in total. The molecule has 1 aromatic carbocycles. The summed E-state index contributed by atoms with van der Waals surface area (Å²) in [5, 5.41) is 13.4. The number of carbonyl (C=O) groups excluding carboxylic acids is 1. The monoisotopic (exact) mass is 742 g/mol. The minimum atomic E-state index is -5.08. The van der Waals surface area contributed by atoms with Crippen molar-refractivity contribution in [2.75, 3.05) is 12.8 Å². The molecule has 1 aliphatic carbocycles. The van der Waals surface area contributed by atoms with Crippen LogP contribution in [0.2, 0.25) is 5.02 Å². The van der Waals surface area contributed by atoms with Gasteiger partial charge < -0.3 is 20.9 Å². The highest BCUT2D eigenvalue weighted by atomic mass is 35.5. The van der Waals surface area contributed by atoms with Crippen molar-refractivity contribution in [3.8, 4) is 17.0 Å². The third-order valence-electron chi connectivity index (χ3n) is 7.72. The van der Waals surface area contributed by atoms with Crippen molar-refractivity contribution in [2.45, 2.75) is 89.2 Å². The molecule has 0 atom stereocenters. The van der Waals surface area contributed by atoms with Crippen LogP contribution in [0.15, 0.2) is 18.2 Å². The Kier molecular flexibility index (Phi) is 12.9. The van der Waals surface area contributed by atoms with Gasteiger partial charge in [0, 0.05) is 30.4 Å². The highest BCUT2D eigenvalue weighted by Crippen LogP contribution is 2.43. The van der Waals surface area contributed by atoms with E-state index in [0.717, 1.165) is 19.9 Å². The van der Waals surface area contributed by atoms with Gasteiger partial charge in [-0.05, 0) is 56.7 Å². The Hall–Kier alpha value is -3.19. The van der Waals surface area contributed by atoms with Crippen molar-refractivity contribution in [1.29, 1.82) is 0 Å². The van der Waals surface area contributed by atoms with Crippen LogP contribution in [0.5, 0.6) is 5.75 Å². The van der Waals surface area contributed by atoms with Crippen LogP contribution in [-0.2, 0) is 27.6 Å². The van der Waals surface area contributed by atoms with Gasteiger partial charge in [-0.1, -0.05) is 31.5 Å². The fourth-order valence-corrected chi connectivity index (χ4v) is 6.27. The lowest BCUT2D eigenvalue weighted by Crippen LogP contribution is -2.53. The number of halogens is 9. The summed E-state index contributed by atoms with van der Waals surface area (Å²) in [4.78, 5) is 22.0. The first-order valence-electron chi connectivity index (χ1n) is 14.2. The van der Waals surface area contributed by atoms with Gasteiger partial charge >= 0.3 is 24.9 Å². The van der Waals surface area contributed by atoms with Crippen LogP contribution in [-0.4, -0.2) is 77.7 Å². The standard InChI is InChI=1S/C26H34ClF5N4O4S.C2HF3O2/c1-5-36-21(17-7-6-15(12-18(17)40-23(28)29)13-24(2,3)26(30,31)32)19(27)20(35-36)22(37)34-14-25(33)10-8-16(9-11-25)41(4,38)39;3-2(4,5)1(6)7/h6-7,12,16,23H,5,8-11,13-14,33H2,1-4H3,(H,34,37);(H,6,7). The third kappa shape index (κ3) is 10.7. The minimum Gasteiger partial charge on any atom is -0.475 e. The van der Waals surface area contributed by atoms with Crippen LogP contribution in [0.25, 0.3) is 11.3 Å². The molecule has 2 aromatic rings. The second kappa shape index (κ2) is 15.1. The third-order valence-corrected chi connectivity index (χ3v) is 9.76. The second-order valence-electron chi connectivity index (χ2n) is 12.0. The summed E-state index contributed by atoms with van der Waals surface area (Å²) in [6.07, 6.45) is -7.44. The number of aromatic nitrogens is 2. The molecule has 1 aliphatic rings. The fraction of sp³-hybridized carbons (Fsp3) is 0.607. The number of nitrogens with two attached hydrogens (primary N) is 1. The lowest BCUT2D eigenvalue weighted by atomic mass is 9.82. The van der Waals surface area contributed by atoms with E-state index in [2.05, 4.69) is 15.2 Å². The van der Waals surface area contributed by atoms with Crippen molar-refractivity contribution in [3.63, 3.8) is 0 Å². The molecule has 0 spiro atoms. The number of hydrogen-bond donors (Lipinski definition) is 3. The van der Waals surface area contributed by atoms with Gasteiger partial charge in [-0.25, -0.2) is 13.2 Å². The van der Waals surface area contributed by atoms with E-state index in [-0.39, 0.29) is 40.6 Å². The fourth-order valence-electron chi connectivity index (χ4n) is 4.86. The summed E-state index contributed by atoms with van der Waals surface area (Å²) in [5.41, 5.74) is 3.44. The molecule has 0 radical (unpaired) electrons. The number of benzene rings is 1. The Morgan fingerprint density at radius 1 is 1.17 bits per heavy atom. The van der Waals surface area contributed by atoms with E-state index in [1.54, 1.807) is 6.92 Å². The predicted octanol–water partition coefficient (Wildman–Crippen LogP) is 6.00. The molecule has 0 aliphatic heterocycles. The predicted molar refractivity (Wildman–Crippen MR) is 159 cm³/mol. The number of alkyl halides is 8. The van der Waals surface area contributed by atoms with Gasteiger partial charge in [-0.15, -0.1) is 0 Å². The van der Waals surface area contributed by atoms with Crippen LogP contribution in [0.4, 0.5) is 35.1 Å². The normalized spacial score (nSPS) is 19.0. The summed E-state index contributed by atoms with van der Waals surface area (Å²) in [6.45, 7) is 0.606. The number of carboxylic acids is 1. The molecule has 20 heteroatoms. The molecular formula is C28H35ClF8N4O6S. The van der Waals surface area contributed by atoms with Crippen LogP contribution >= 0.6 is 11.6 Å². The molecule has 1 fully saturated rings. The highest BCUT2D eigenvalue weighted by Gasteiger charge is 2.47. The average molecular weight is 743 g/mol. The zero-order valence-electron chi connectivity index (χ0n) is 26.1. The Bertz CT molecular complexity index is 1570. The number of amides is 1. The SMILES string of the molecule is CCn1nc(C(=O)NCC2(N)CCC(S(C)(=O)=O)CC2)c(Cl)c1-c1ccc(CC(C)(C)C(F)(F)F)cc1OC(F)F.O=C(O)C(F)(F)F. The Morgan fingerprint density at radius 3 is 2.15 bits per heavy atom. The molecule has 272 valence electrons. The van der Waals surface area contributed by atoms with E-state index in [0.29, 0.717) is 25.7 Å². The number of carbonyl (C=O) groups is 2. The van der Waals surface area contributed by atoms with Crippen molar-refractivity contribution in [3.05, 3.63) is 34.5 Å². The zero-order chi connectivity index (χ0) is 37.0. The van der Waals surface area contributed by atoms with E-state index >= 15 is 0 Å². The van der Waals surface area contributed by atoms with Gasteiger partial charge in [0.15, 0.2) is 5.69 Å². The summed E-state index contributed by atoms with van der Waals surface area (Å²) in [7, 11) is -3.20. The van der Waals surface area contributed by atoms with E-state index in [1.165, 1.54) is 23.1 Å². The number of carboxylic acid groups (broad SMARTS) is 1. The second-order valence-corrected chi connectivity index (χ2v) is 14.7. The summed E-state index contributed by atoms with van der Waals surface area (Å²) >= 11 is 6.54. The first-order valence-corrected chi connectivity index (χ1v) is 16.5. The first kappa shape index (κ1) is 41.0. The average Bonchev–Trinajstić information content (AvgIpc) is 3.26. The maximum Gasteiger partial charge on any atom is 0.490 e. The number of hydrogen-bond acceptors (Lipinski definition) is 7. The molecule has 1 amide bonds. The van der Waals surface area contributed by atoms with Crippen LogP contribution in [0.1, 0.15) is 62.5 Å². The molecule has 0 saturated heterocycles. The molecule has 1 heterocycles. The summed E-state index contributed by atoms with van der Waals surface area (Å²) < 4.78 is 128. The van der Waals surface area contributed by atoms with E-state index in [9.17, 15) is 48.3 Å². The largest absolute Gasteiger partial charge is 0.490 e. The number of sulfone groups is 1. The lowest BCUT2D eigenvalue weighted by Gasteiger charge is -2.36. The number of aliphatic carboxylic acids is 1. The van der Waals surface area contributed by atoms with Crippen LogP contribution in [0.3, 0.4) is 0 Å². The molecule has 0 unspecified atom stereocenters. The van der Waals surface area contributed by atoms with Gasteiger partial charge in [0.05, 0.1) is 21.4 Å². The summed E-state index contributed by atoms with van der Waals surface area (Å²) in [5.74, 6) is -3.85. The van der Waals surface area contributed by atoms with Gasteiger partial charge in [-0.2, -0.15) is 40.2 Å². The molecule has 0 bridgehead atoms. The number of ether oxygens (including phenoxy) is 1. The zero-order valence-corrected chi connectivity index (χ0v) is 27.7. The van der Waals surface area contributed by atoms with Crippen LogP contribution in [0, 0.1) is 5.41 Å². The molecule has 1 aromatic heterocycles. The van der Waals surface area contributed by atoms with Gasteiger partial charge in [0.25, 0.3) is 5.91 Å². The van der Waals surface area contributed by atoms with Gasteiger partial charge in [-0.3, -0.25) is 9.48 Å². The van der Waals surface area contributed by atoms with Crippen molar-refractivity contribution in [1.82, 2.24) is 15.1 Å². The van der Waals surface area contributed by atoms with E-state index < -0.39 is 69.1 Å². The number of nitrogens with one attached hydrogen (secondary N) is 1. The maximum absolute atomic E-state index is 13.4. The minimum absolute atomic E-state index is 0.0201. The van der Waals surface area contributed by atoms with Gasteiger partial charge in [0.1, 0.15) is 15.6 Å². The molecule has 3 rings (SSSR count). The first-order chi connectivity index (χ1) is 21.7. The van der Waals surface area contributed by atoms with Crippen molar-refractivity contribution < 1.29 is 63.0 Å². The molecular weight excluding hydrogens is 708 g/mol. The molecule has 4 N–H and O–H groups in total. The number of aryl methyl sites for hydroxylation is 1. The summed E-state index contributed by atoms with van der Waals surface area (Å²) in [6, 6.07) is 3.77. The Morgan fingerprint density at radius 2 is 1.71 bits per heavy atom. The maximum atomic E-state index is 13.4. The van der Waals surface area contributed by atoms with Crippen molar-refractivity contribution in [2.24, 2.45) is 11.1 Å². The van der Waals surface area contributed by atoms with E-state index in [4.69, 9.17) is 27.2 Å². The smallest absolute Gasteiger partial charge is 0.475 e. The van der Waals surface area contributed by atoms with Crippen LogP contribution < -0.4 is 15.8 Å².